The van der Waals surface area contributed by atoms with Crippen LogP contribution in [-0.4, -0.2) is 22.8 Å². The van der Waals surface area contributed by atoms with E-state index in [-0.39, 0.29) is 23.0 Å². The minimum atomic E-state index is -0.620. The van der Waals surface area contributed by atoms with Gasteiger partial charge in [0, 0.05) is 5.92 Å². The number of carboxylic acid groups (broad SMARTS) is 1. The topological polar surface area (TPSA) is 55.8 Å². The number of hydrogen-bond donors (Lipinski definition) is 1. The summed E-state index contributed by atoms with van der Waals surface area (Å²) in [4.78, 5) is 23.8. The number of carbonyl (C=O) groups is 1. The van der Waals surface area contributed by atoms with Crippen LogP contribution < -0.4 is 0 Å². The van der Waals surface area contributed by atoms with E-state index in [0.717, 1.165) is 38.5 Å². The third kappa shape index (κ3) is 1.96. The van der Waals surface area contributed by atoms with Crippen molar-refractivity contribution in [1.29, 1.82) is 0 Å². The molecule has 0 radical (unpaired) electrons. The predicted molar refractivity (Wildman–Crippen MR) is 90.1 cm³/mol. The minimum Gasteiger partial charge on any atom is -0.481 e. The highest BCUT2D eigenvalue weighted by atomic mass is 17.2. The van der Waals surface area contributed by atoms with Gasteiger partial charge in [0.1, 0.15) is 11.7 Å². The van der Waals surface area contributed by atoms with E-state index >= 15 is 0 Å². The van der Waals surface area contributed by atoms with Crippen LogP contribution in [0.1, 0.15) is 66.2 Å². The first-order valence-electron chi connectivity index (χ1n) is 9.53. The standard InChI is InChI=1S/C20H30O4/c1-12(2)13-11-20-9-6-15-18(3,16(20)10-14(13)23-24-20)7-5-8-19(15,4)17(21)22/h11-12,14-16H,5-10H2,1-4H3,(H,21,22)/t14-,15-,16-,18+,19-,20-/m1/s1. The van der Waals surface area contributed by atoms with Crippen LogP contribution in [0.15, 0.2) is 11.6 Å². The SMILES string of the molecule is CC(C)C1=C[C@]23CC[C@@H]4[C@](C)(CCC[C@@]4(C)C(=O)O)[C@H]2C[C@H]1OO3. The second kappa shape index (κ2) is 5.07. The highest BCUT2D eigenvalue weighted by Crippen LogP contribution is 2.66. The Morgan fingerprint density at radius 3 is 2.67 bits per heavy atom. The maximum atomic E-state index is 12.1. The van der Waals surface area contributed by atoms with Crippen molar-refractivity contribution >= 4 is 5.97 Å². The van der Waals surface area contributed by atoms with Crippen LogP contribution in [0, 0.1) is 28.6 Å². The van der Waals surface area contributed by atoms with Gasteiger partial charge < -0.3 is 5.11 Å². The number of carboxylic acids is 1. The number of rotatable bonds is 2. The average Bonchev–Trinajstić information content (AvgIpc) is 2.54. The maximum absolute atomic E-state index is 12.1. The van der Waals surface area contributed by atoms with E-state index in [1.807, 2.05) is 6.92 Å². The van der Waals surface area contributed by atoms with Gasteiger partial charge in [-0.15, -0.1) is 0 Å². The summed E-state index contributed by atoms with van der Waals surface area (Å²) < 4.78 is 0. The quantitative estimate of drug-likeness (QED) is 0.602. The van der Waals surface area contributed by atoms with Crippen molar-refractivity contribution in [3.8, 4) is 0 Å². The van der Waals surface area contributed by atoms with Crippen molar-refractivity contribution < 1.29 is 19.7 Å². The molecule has 3 aliphatic carbocycles. The van der Waals surface area contributed by atoms with Crippen molar-refractivity contribution in [2.24, 2.45) is 28.6 Å². The van der Waals surface area contributed by atoms with Crippen LogP contribution in [0.2, 0.25) is 0 Å². The van der Waals surface area contributed by atoms with Crippen LogP contribution in [0.25, 0.3) is 0 Å². The fourth-order valence-electron chi connectivity index (χ4n) is 6.61. The van der Waals surface area contributed by atoms with Crippen LogP contribution in [0.3, 0.4) is 0 Å². The Labute approximate surface area is 144 Å². The Morgan fingerprint density at radius 2 is 2.00 bits per heavy atom. The van der Waals surface area contributed by atoms with E-state index in [0.29, 0.717) is 11.8 Å². The summed E-state index contributed by atoms with van der Waals surface area (Å²) in [7, 11) is 0. The van der Waals surface area contributed by atoms with Gasteiger partial charge in [-0.05, 0) is 67.9 Å². The fourth-order valence-corrected chi connectivity index (χ4v) is 6.61. The summed E-state index contributed by atoms with van der Waals surface area (Å²) in [5.74, 6) is 0.443. The molecule has 2 bridgehead atoms. The third-order valence-electron chi connectivity index (χ3n) is 7.89. The largest absolute Gasteiger partial charge is 0.481 e. The molecule has 2 saturated carbocycles. The lowest BCUT2D eigenvalue weighted by Gasteiger charge is -2.64. The van der Waals surface area contributed by atoms with Gasteiger partial charge in [-0.3, -0.25) is 4.79 Å². The third-order valence-corrected chi connectivity index (χ3v) is 7.89. The highest BCUT2D eigenvalue weighted by molar-refractivity contribution is 5.75. The summed E-state index contributed by atoms with van der Waals surface area (Å²) in [6.07, 6.45) is 8.07. The molecule has 0 amide bonds. The van der Waals surface area contributed by atoms with Crippen molar-refractivity contribution in [3.63, 3.8) is 0 Å². The predicted octanol–water partition coefficient (Wildman–Crippen LogP) is 4.35. The molecule has 2 heterocycles. The molecular weight excluding hydrogens is 304 g/mol. The first kappa shape index (κ1) is 16.6. The minimum absolute atomic E-state index is 0.0185. The van der Waals surface area contributed by atoms with Crippen LogP contribution in [0.5, 0.6) is 0 Å². The molecule has 4 nitrogen and oxygen atoms in total. The maximum Gasteiger partial charge on any atom is 0.309 e. The van der Waals surface area contributed by atoms with E-state index in [1.54, 1.807) is 0 Å². The Hall–Kier alpha value is -0.870. The Morgan fingerprint density at radius 1 is 1.25 bits per heavy atom. The molecule has 5 rings (SSSR count). The zero-order chi connectivity index (χ0) is 17.3. The lowest BCUT2D eigenvalue weighted by atomic mass is 9.43. The lowest BCUT2D eigenvalue weighted by molar-refractivity contribution is -0.434. The first-order valence-corrected chi connectivity index (χ1v) is 9.53. The molecule has 1 spiro atoms. The molecule has 1 saturated heterocycles. The van der Waals surface area contributed by atoms with Crippen LogP contribution in [-0.2, 0) is 14.6 Å². The van der Waals surface area contributed by atoms with Crippen molar-refractivity contribution in [1.82, 2.24) is 0 Å². The summed E-state index contributed by atoms with van der Waals surface area (Å²) in [5, 5.41) is 9.92. The van der Waals surface area contributed by atoms with Crippen molar-refractivity contribution in [3.05, 3.63) is 11.6 Å². The number of fused-ring (bicyclic) bond motifs is 2. The summed E-state index contributed by atoms with van der Waals surface area (Å²) in [6, 6.07) is 0. The highest BCUT2D eigenvalue weighted by Gasteiger charge is 2.66. The molecule has 3 fully saturated rings. The van der Waals surface area contributed by atoms with Gasteiger partial charge >= 0.3 is 5.97 Å². The number of hydrogen-bond acceptors (Lipinski definition) is 3. The van der Waals surface area contributed by atoms with Gasteiger partial charge in [0.25, 0.3) is 0 Å². The van der Waals surface area contributed by atoms with Crippen LogP contribution >= 0.6 is 0 Å². The molecule has 6 atom stereocenters. The monoisotopic (exact) mass is 334 g/mol. The van der Waals surface area contributed by atoms with Gasteiger partial charge in [0.15, 0.2) is 0 Å². The zero-order valence-electron chi connectivity index (χ0n) is 15.3. The Kier molecular flexibility index (Phi) is 3.51. The molecule has 0 aromatic rings. The average molecular weight is 334 g/mol. The van der Waals surface area contributed by atoms with Gasteiger partial charge in [0.2, 0.25) is 0 Å². The molecule has 134 valence electrons. The van der Waals surface area contributed by atoms with Gasteiger partial charge in [-0.1, -0.05) is 27.2 Å². The molecule has 5 aliphatic rings. The van der Waals surface area contributed by atoms with E-state index in [9.17, 15) is 9.90 Å². The molecular formula is C20H30O4. The van der Waals surface area contributed by atoms with E-state index in [4.69, 9.17) is 9.78 Å². The Bertz CT molecular complexity index is 596. The molecule has 24 heavy (non-hydrogen) atoms. The smallest absolute Gasteiger partial charge is 0.309 e. The van der Waals surface area contributed by atoms with Gasteiger partial charge in [-0.2, -0.15) is 0 Å². The van der Waals surface area contributed by atoms with Crippen molar-refractivity contribution in [2.75, 3.05) is 0 Å². The van der Waals surface area contributed by atoms with Crippen molar-refractivity contribution in [2.45, 2.75) is 77.9 Å². The molecule has 1 N–H and O–H groups in total. The van der Waals surface area contributed by atoms with E-state index in [1.165, 1.54) is 5.57 Å². The molecule has 0 aromatic heterocycles. The van der Waals surface area contributed by atoms with E-state index in [2.05, 4.69) is 26.8 Å². The summed E-state index contributed by atoms with van der Waals surface area (Å²) >= 11 is 0. The molecule has 0 unspecified atom stereocenters. The summed E-state index contributed by atoms with van der Waals surface area (Å²) in [6.45, 7) is 8.74. The number of aliphatic carboxylic acids is 1. The zero-order valence-corrected chi connectivity index (χ0v) is 15.3. The van der Waals surface area contributed by atoms with E-state index < -0.39 is 11.4 Å². The fraction of sp³-hybridized carbons (Fsp3) is 0.850. The normalized spacial score (nSPS) is 50.2. The Balaban J connectivity index is 1.76. The second-order valence-electron chi connectivity index (χ2n) is 9.38. The molecule has 2 aliphatic heterocycles. The molecule has 4 heteroatoms. The van der Waals surface area contributed by atoms with Gasteiger partial charge in [0.05, 0.1) is 5.41 Å². The first-order chi connectivity index (χ1) is 11.2. The van der Waals surface area contributed by atoms with Gasteiger partial charge in [-0.25, -0.2) is 9.78 Å². The molecule has 0 aromatic carbocycles. The summed E-state index contributed by atoms with van der Waals surface area (Å²) in [5.41, 5.74) is 0.453. The lowest BCUT2D eigenvalue weighted by Crippen LogP contribution is -2.65. The van der Waals surface area contributed by atoms with Crippen LogP contribution in [0.4, 0.5) is 0 Å². The second-order valence-corrected chi connectivity index (χ2v) is 9.38.